The molecule has 2 N–H and O–H groups in total. The van der Waals surface area contributed by atoms with Crippen molar-refractivity contribution in [2.45, 2.75) is 54.5 Å². The number of nitrogens with zero attached hydrogens (tertiary/aromatic N) is 6. The van der Waals surface area contributed by atoms with E-state index in [1.807, 2.05) is 29.9 Å². The summed E-state index contributed by atoms with van der Waals surface area (Å²) in [5.74, 6) is -0.503. The lowest BCUT2D eigenvalue weighted by molar-refractivity contribution is 0.0889. The van der Waals surface area contributed by atoms with Gasteiger partial charge in [-0.05, 0) is 56.9 Å². The summed E-state index contributed by atoms with van der Waals surface area (Å²) in [6, 6.07) is 10.2. The van der Waals surface area contributed by atoms with Crippen LogP contribution in [0.5, 0.6) is 0 Å². The number of hydrogen-bond acceptors (Lipinski definition) is 7. The third kappa shape index (κ3) is 5.23. The van der Waals surface area contributed by atoms with Gasteiger partial charge in [0.05, 0.1) is 41.2 Å². The highest BCUT2D eigenvalue weighted by atomic mass is 32.2. The molecular weight excluding hydrogens is 530 g/mol. The average Bonchev–Trinajstić information content (AvgIpc) is 3.48. The van der Waals surface area contributed by atoms with Crippen LogP contribution in [0.4, 0.5) is 4.39 Å². The van der Waals surface area contributed by atoms with Crippen LogP contribution in [0.25, 0.3) is 16.6 Å². The van der Waals surface area contributed by atoms with E-state index in [9.17, 15) is 19.5 Å². The van der Waals surface area contributed by atoms with Crippen molar-refractivity contribution in [3.63, 3.8) is 0 Å². The molecule has 1 fully saturated rings. The molecule has 0 atom stereocenters. The third-order valence-electron chi connectivity index (χ3n) is 6.61. The molecular formula is C25H22FN6O4PS. The molecule has 10 nitrogen and oxygen atoms in total. The molecule has 0 amide bonds. The van der Waals surface area contributed by atoms with Gasteiger partial charge in [-0.1, -0.05) is 11.8 Å². The van der Waals surface area contributed by atoms with Crippen molar-refractivity contribution in [1.82, 2.24) is 19.4 Å². The van der Waals surface area contributed by atoms with Gasteiger partial charge in [-0.25, -0.2) is 13.5 Å². The van der Waals surface area contributed by atoms with Crippen molar-refractivity contribution < 1.29 is 23.3 Å². The summed E-state index contributed by atoms with van der Waals surface area (Å²) in [6.45, 7) is 1.95. The molecule has 0 radical (unpaired) electrons. The first-order valence-corrected chi connectivity index (χ1v) is 14.1. The van der Waals surface area contributed by atoms with E-state index in [1.165, 1.54) is 30.1 Å². The maximum atomic E-state index is 13.7. The minimum atomic E-state index is -4.52. The monoisotopic (exact) mass is 552 g/mol. The SMILES string of the molecule is Cc1c(-c2cc(Sc3ccc(F)cc3C#N)c3c(C#N)cnn3c2)cnn1[C@H]1CC[C@H](OP(=O)(O)O)CC1. The summed E-state index contributed by atoms with van der Waals surface area (Å²) < 4.78 is 33.3. The summed E-state index contributed by atoms with van der Waals surface area (Å²) in [6.07, 6.45) is 6.93. The van der Waals surface area contributed by atoms with Crippen molar-refractivity contribution in [2.24, 2.45) is 0 Å². The number of benzene rings is 1. The smallest absolute Gasteiger partial charge is 0.303 e. The van der Waals surface area contributed by atoms with Gasteiger partial charge in [0.2, 0.25) is 0 Å². The molecule has 0 unspecified atom stereocenters. The predicted octanol–water partition coefficient (Wildman–Crippen LogP) is 5.13. The normalized spacial score (nSPS) is 17.8. The first-order chi connectivity index (χ1) is 18.2. The number of aromatic nitrogens is 4. The second-order valence-electron chi connectivity index (χ2n) is 9.03. The van der Waals surface area contributed by atoms with Gasteiger partial charge in [0, 0.05) is 32.8 Å². The lowest BCUT2D eigenvalue weighted by Gasteiger charge is -2.29. The van der Waals surface area contributed by atoms with E-state index in [1.54, 1.807) is 16.8 Å². The maximum Gasteiger partial charge on any atom is 0.469 e. The summed E-state index contributed by atoms with van der Waals surface area (Å²) >= 11 is 1.26. The number of fused-ring (bicyclic) bond motifs is 1. The van der Waals surface area contributed by atoms with Gasteiger partial charge in [-0.2, -0.15) is 20.7 Å². The van der Waals surface area contributed by atoms with Crippen molar-refractivity contribution in [2.75, 3.05) is 0 Å². The largest absolute Gasteiger partial charge is 0.469 e. The maximum absolute atomic E-state index is 13.7. The number of phosphoric acid groups is 1. The topological polar surface area (TPSA) is 149 Å². The Bertz CT molecular complexity index is 1660. The second kappa shape index (κ2) is 10.3. The first-order valence-electron chi connectivity index (χ1n) is 11.7. The Balaban J connectivity index is 1.49. The molecule has 1 saturated carbocycles. The third-order valence-corrected chi connectivity index (χ3v) is 8.29. The van der Waals surface area contributed by atoms with Crippen LogP contribution in [0.1, 0.15) is 48.5 Å². The molecule has 0 saturated heterocycles. The Hall–Kier alpha value is -3.51. The van der Waals surface area contributed by atoms with Crippen molar-refractivity contribution >= 4 is 25.1 Å². The van der Waals surface area contributed by atoms with Crippen LogP contribution in [0.3, 0.4) is 0 Å². The number of halogens is 1. The predicted molar refractivity (Wildman–Crippen MR) is 136 cm³/mol. The Kier molecular flexibility index (Phi) is 7.10. The number of nitriles is 2. The van der Waals surface area contributed by atoms with Crippen molar-refractivity contribution in [3.8, 4) is 23.3 Å². The number of hydrogen-bond donors (Lipinski definition) is 2. The highest BCUT2D eigenvalue weighted by molar-refractivity contribution is 7.99. The van der Waals surface area contributed by atoms with Crippen LogP contribution in [-0.2, 0) is 9.09 Å². The Morgan fingerprint density at radius 3 is 2.50 bits per heavy atom. The van der Waals surface area contributed by atoms with E-state index in [0.717, 1.165) is 16.8 Å². The molecule has 4 aromatic rings. The fourth-order valence-corrected chi connectivity index (χ4v) is 6.53. The van der Waals surface area contributed by atoms with Crippen LogP contribution in [0.15, 0.2) is 52.6 Å². The molecule has 0 aliphatic heterocycles. The standard InChI is InChI=1S/C25H22FN6O4PS/c1-15-22(13-30-32(15)20-3-5-21(6-4-20)36-37(33,34)35)17-9-24(25-18(11-28)12-29-31(25)14-17)38-23-7-2-19(26)8-16(23)10-27/h2,7-9,12-14,20-21H,3-6H2,1H3,(H2,33,34,35)/t20-,21-. The summed E-state index contributed by atoms with van der Waals surface area (Å²) in [5, 5.41) is 28.1. The van der Waals surface area contributed by atoms with Gasteiger partial charge in [-0.3, -0.25) is 9.21 Å². The van der Waals surface area contributed by atoms with Gasteiger partial charge in [0.15, 0.2) is 0 Å². The molecule has 13 heteroatoms. The fraction of sp³-hybridized carbons (Fsp3) is 0.280. The second-order valence-corrected chi connectivity index (χ2v) is 11.3. The summed E-state index contributed by atoms with van der Waals surface area (Å²) in [7, 11) is -4.52. The Labute approximate surface area is 221 Å². The lowest BCUT2D eigenvalue weighted by atomic mass is 9.93. The molecule has 5 rings (SSSR count). The molecule has 3 heterocycles. The average molecular weight is 553 g/mol. The summed E-state index contributed by atoms with van der Waals surface area (Å²) in [4.78, 5) is 19.4. The van der Waals surface area contributed by atoms with Crippen LogP contribution in [-0.4, -0.2) is 35.3 Å². The minimum absolute atomic E-state index is 0.0604. The van der Waals surface area contributed by atoms with E-state index in [2.05, 4.69) is 16.3 Å². The van der Waals surface area contributed by atoms with Gasteiger partial charge in [0.25, 0.3) is 0 Å². The van der Waals surface area contributed by atoms with E-state index in [-0.39, 0.29) is 11.6 Å². The van der Waals surface area contributed by atoms with Crippen LogP contribution in [0.2, 0.25) is 0 Å². The zero-order valence-corrected chi connectivity index (χ0v) is 21.9. The van der Waals surface area contributed by atoms with E-state index in [4.69, 9.17) is 14.3 Å². The van der Waals surface area contributed by atoms with E-state index < -0.39 is 19.7 Å². The van der Waals surface area contributed by atoms with E-state index in [0.29, 0.717) is 46.6 Å². The first kappa shape index (κ1) is 26.1. The number of rotatable bonds is 6. The van der Waals surface area contributed by atoms with Gasteiger partial charge >= 0.3 is 7.82 Å². The molecule has 1 aliphatic rings. The molecule has 3 aromatic heterocycles. The van der Waals surface area contributed by atoms with E-state index >= 15 is 0 Å². The Morgan fingerprint density at radius 2 is 1.82 bits per heavy atom. The molecule has 0 spiro atoms. The number of phosphoric ester groups is 1. The fourth-order valence-electron chi connectivity index (χ4n) is 4.85. The van der Waals surface area contributed by atoms with Crippen LogP contribution < -0.4 is 0 Å². The molecule has 38 heavy (non-hydrogen) atoms. The molecule has 194 valence electrons. The number of pyridine rings is 1. The highest BCUT2D eigenvalue weighted by Crippen LogP contribution is 2.43. The summed E-state index contributed by atoms with van der Waals surface area (Å²) in [5.41, 5.74) is 3.72. The molecule has 0 bridgehead atoms. The molecule has 1 aliphatic carbocycles. The minimum Gasteiger partial charge on any atom is -0.303 e. The zero-order valence-electron chi connectivity index (χ0n) is 20.2. The zero-order chi connectivity index (χ0) is 27.0. The van der Waals surface area contributed by atoms with Crippen LogP contribution >= 0.6 is 19.6 Å². The van der Waals surface area contributed by atoms with Crippen molar-refractivity contribution in [1.29, 1.82) is 10.5 Å². The van der Waals surface area contributed by atoms with Crippen LogP contribution in [0, 0.1) is 35.4 Å². The Morgan fingerprint density at radius 1 is 1.08 bits per heavy atom. The van der Waals surface area contributed by atoms with Gasteiger partial charge < -0.3 is 9.79 Å². The lowest BCUT2D eigenvalue weighted by Crippen LogP contribution is -2.24. The highest BCUT2D eigenvalue weighted by Gasteiger charge is 2.29. The van der Waals surface area contributed by atoms with Crippen molar-refractivity contribution in [3.05, 3.63) is 65.5 Å². The van der Waals surface area contributed by atoms with Gasteiger partial charge in [0.1, 0.15) is 18.0 Å². The van der Waals surface area contributed by atoms with Gasteiger partial charge in [-0.15, -0.1) is 0 Å². The quantitative estimate of drug-likeness (QED) is 0.310. The molecule has 1 aromatic carbocycles.